The van der Waals surface area contributed by atoms with Gasteiger partial charge in [0.05, 0.1) is 30.0 Å². The summed E-state index contributed by atoms with van der Waals surface area (Å²) in [6.45, 7) is 3.76. The fraction of sp³-hybridized carbons (Fsp3) is 0.333. The molecule has 1 saturated heterocycles. The first-order valence-electron chi connectivity index (χ1n) is 9.84. The second-order valence-electron chi connectivity index (χ2n) is 7.10. The molecule has 0 aliphatic carbocycles. The molecule has 1 amide bonds. The number of anilines is 2. The predicted molar refractivity (Wildman–Crippen MR) is 112 cm³/mol. The lowest BCUT2D eigenvalue weighted by molar-refractivity contribution is 0.102. The van der Waals surface area contributed by atoms with E-state index in [1.807, 2.05) is 25.2 Å². The molecule has 3 heterocycles. The monoisotopic (exact) mass is 391 g/mol. The minimum atomic E-state index is -0.288. The molecule has 8 nitrogen and oxygen atoms in total. The van der Waals surface area contributed by atoms with E-state index < -0.39 is 0 Å². The maximum atomic E-state index is 12.7. The van der Waals surface area contributed by atoms with Crippen molar-refractivity contribution < 1.29 is 4.79 Å². The minimum absolute atomic E-state index is 0.288. The quantitative estimate of drug-likeness (QED) is 0.690. The van der Waals surface area contributed by atoms with Crippen molar-refractivity contribution in [2.45, 2.75) is 12.8 Å². The van der Waals surface area contributed by atoms with E-state index in [1.54, 1.807) is 17.1 Å². The lowest BCUT2D eigenvalue weighted by Crippen LogP contribution is -2.29. The summed E-state index contributed by atoms with van der Waals surface area (Å²) in [5, 5.41) is 10.6. The maximum absolute atomic E-state index is 12.7. The van der Waals surface area contributed by atoms with Crippen LogP contribution < -0.4 is 15.5 Å². The number of aromatic nitrogens is 4. The van der Waals surface area contributed by atoms with Crippen LogP contribution in [0.4, 0.5) is 11.5 Å². The SMILES string of the molecule is Cn1ncc(NC(=O)c2cnc(N3CCCNCC3)cn2)c1Cc1ccccc1. The van der Waals surface area contributed by atoms with Crippen LogP contribution in [0, 0.1) is 0 Å². The molecule has 4 rings (SSSR count). The van der Waals surface area contributed by atoms with Crippen LogP contribution in [-0.2, 0) is 13.5 Å². The first-order valence-corrected chi connectivity index (χ1v) is 9.84. The third kappa shape index (κ3) is 4.60. The molecule has 0 saturated carbocycles. The molecule has 29 heavy (non-hydrogen) atoms. The summed E-state index contributed by atoms with van der Waals surface area (Å²) in [6, 6.07) is 10.1. The lowest BCUT2D eigenvalue weighted by Gasteiger charge is -2.20. The topological polar surface area (TPSA) is 88.0 Å². The average Bonchev–Trinajstić information content (AvgIpc) is 2.95. The van der Waals surface area contributed by atoms with E-state index in [9.17, 15) is 4.79 Å². The number of amides is 1. The Kier molecular flexibility index (Phi) is 5.81. The fourth-order valence-corrected chi connectivity index (χ4v) is 3.43. The Hall–Kier alpha value is -3.26. The van der Waals surface area contributed by atoms with Crippen LogP contribution >= 0.6 is 0 Å². The summed E-state index contributed by atoms with van der Waals surface area (Å²) in [4.78, 5) is 23.7. The normalized spacial score (nSPS) is 14.4. The molecule has 8 heteroatoms. The van der Waals surface area contributed by atoms with Crippen molar-refractivity contribution in [2.24, 2.45) is 7.05 Å². The Morgan fingerprint density at radius 2 is 1.97 bits per heavy atom. The molecule has 0 radical (unpaired) electrons. The zero-order valence-electron chi connectivity index (χ0n) is 16.5. The number of hydrogen-bond acceptors (Lipinski definition) is 6. The van der Waals surface area contributed by atoms with Crippen LogP contribution in [-0.4, -0.2) is 51.8 Å². The average molecular weight is 391 g/mol. The first-order chi connectivity index (χ1) is 14.2. The van der Waals surface area contributed by atoms with Crippen LogP contribution in [0.5, 0.6) is 0 Å². The molecule has 2 N–H and O–H groups in total. The third-order valence-corrected chi connectivity index (χ3v) is 5.06. The molecule has 150 valence electrons. The molecule has 0 spiro atoms. The molecule has 3 aromatic rings. The van der Waals surface area contributed by atoms with E-state index in [4.69, 9.17) is 0 Å². The molecular formula is C21H25N7O. The van der Waals surface area contributed by atoms with E-state index in [1.165, 1.54) is 6.20 Å². The van der Waals surface area contributed by atoms with Crippen molar-refractivity contribution >= 4 is 17.4 Å². The van der Waals surface area contributed by atoms with Gasteiger partial charge in [-0.3, -0.25) is 9.48 Å². The zero-order chi connectivity index (χ0) is 20.1. The summed E-state index contributed by atoms with van der Waals surface area (Å²) < 4.78 is 1.78. The number of nitrogens with zero attached hydrogens (tertiary/aromatic N) is 5. The third-order valence-electron chi connectivity index (χ3n) is 5.06. The van der Waals surface area contributed by atoms with E-state index in [-0.39, 0.29) is 11.6 Å². The summed E-state index contributed by atoms with van der Waals surface area (Å²) in [7, 11) is 1.87. The highest BCUT2D eigenvalue weighted by Gasteiger charge is 2.16. The number of aryl methyl sites for hydroxylation is 1. The zero-order valence-corrected chi connectivity index (χ0v) is 16.5. The van der Waals surface area contributed by atoms with Gasteiger partial charge >= 0.3 is 0 Å². The number of benzene rings is 1. The Bertz CT molecular complexity index is 945. The van der Waals surface area contributed by atoms with E-state index >= 15 is 0 Å². The summed E-state index contributed by atoms with van der Waals surface area (Å²) in [5.74, 6) is 0.514. The van der Waals surface area contributed by atoms with Gasteiger partial charge in [0.25, 0.3) is 5.91 Å². The number of carbonyl (C=O) groups is 1. The highest BCUT2D eigenvalue weighted by Crippen LogP contribution is 2.19. The van der Waals surface area contributed by atoms with Gasteiger partial charge in [-0.2, -0.15) is 5.10 Å². The maximum Gasteiger partial charge on any atom is 0.275 e. The van der Waals surface area contributed by atoms with Crippen molar-refractivity contribution in [2.75, 3.05) is 36.4 Å². The standard InChI is InChI=1S/C21H25N7O/c1-27-19(12-16-6-3-2-4-7-16)17(14-25-27)26-21(29)18-13-24-20(15-23-18)28-10-5-8-22-9-11-28/h2-4,6-7,13-15,22H,5,8-12H2,1H3,(H,26,29). The fourth-order valence-electron chi connectivity index (χ4n) is 3.43. The number of hydrogen-bond donors (Lipinski definition) is 2. The highest BCUT2D eigenvalue weighted by molar-refractivity contribution is 6.03. The minimum Gasteiger partial charge on any atom is -0.354 e. The summed E-state index contributed by atoms with van der Waals surface area (Å²) in [5.41, 5.74) is 3.07. The predicted octanol–water partition coefficient (Wildman–Crippen LogP) is 1.85. The number of rotatable bonds is 5. The molecule has 0 bridgehead atoms. The van der Waals surface area contributed by atoms with Crippen molar-refractivity contribution in [3.05, 3.63) is 65.9 Å². The van der Waals surface area contributed by atoms with Crippen LogP contribution in [0.3, 0.4) is 0 Å². The highest BCUT2D eigenvalue weighted by atomic mass is 16.1. The molecule has 1 aliphatic rings. The van der Waals surface area contributed by atoms with E-state index in [2.05, 4.69) is 42.7 Å². The van der Waals surface area contributed by atoms with Gasteiger partial charge in [-0.25, -0.2) is 9.97 Å². The molecule has 1 fully saturated rings. The van der Waals surface area contributed by atoms with Gasteiger partial charge in [0.1, 0.15) is 11.5 Å². The van der Waals surface area contributed by atoms with Crippen LogP contribution in [0.25, 0.3) is 0 Å². The largest absolute Gasteiger partial charge is 0.354 e. The van der Waals surface area contributed by atoms with Gasteiger partial charge in [-0.1, -0.05) is 30.3 Å². The van der Waals surface area contributed by atoms with Gasteiger partial charge < -0.3 is 15.5 Å². The summed E-state index contributed by atoms with van der Waals surface area (Å²) in [6.07, 6.45) is 6.63. The van der Waals surface area contributed by atoms with Gasteiger partial charge in [-0.05, 0) is 18.5 Å². The Morgan fingerprint density at radius 1 is 1.10 bits per heavy atom. The second-order valence-corrected chi connectivity index (χ2v) is 7.10. The molecular weight excluding hydrogens is 366 g/mol. The van der Waals surface area contributed by atoms with Crippen LogP contribution in [0.15, 0.2) is 48.9 Å². The van der Waals surface area contributed by atoms with Gasteiger partial charge in [0.15, 0.2) is 0 Å². The molecule has 0 unspecified atom stereocenters. The molecule has 1 aromatic carbocycles. The second kappa shape index (κ2) is 8.83. The van der Waals surface area contributed by atoms with Crippen molar-refractivity contribution in [1.29, 1.82) is 0 Å². The molecule has 2 aromatic heterocycles. The van der Waals surface area contributed by atoms with Gasteiger partial charge in [-0.15, -0.1) is 0 Å². The van der Waals surface area contributed by atoms with Gasteiger partial charge in [0.2, 0.25) is 0 Å². The number of nitrogens with one attached hydrogen (secondary N) is 2. The van der Waals surface area contributed by atoms with Gasteiger partial charge in [0, 0.05) is 33.1 Å². The molecule has 0 atom stereocenters. The van der Waals surface area contributed by atoms with Crippen LogP contribution in [0.2, 0.25) is 0 Å². The Labute approximate surface area is 170 Å². The lowest BCUT2D eigenvalue weighted by atomic mass is 10.1. The smallest absolute Gasteiger partial charge is 0.275 e. The van der Waals surface area contributed by atoms with Crippen molar-refractivity contribution in [1.82, 2.24) is 25.1 Å². The summed E-state index contributed by atoms with van der Waals surface area (Å²) >= 11 is 0. The van der Waals surface area contributed by atoms with E-state index in [0.29, 0.717) is 12.1 Å². The van der Waals surface area contributed by atoms with Crippen molar-refractivity contribution in [3.63, 3.8) is 0 Å². The Morgan fingerprint density at radius 3 is 2.76 bits per heavy atom. The van der Waals surface area contributed by atoms with Crippen molar-refractivity contribution in [3.8, 4) is 0 Å². The Balaban J connectivity index is 1.45. The molecule has 1 aliphatic heterocycles. The van der Waals surface area contributed by atoms with Crippen LogP contribution in [0.1, 0.15) is 28.2 Å². The van der Waals surface area contributed by atoms with E-state index in [0.717, 1.165) is 49.7 Å². The number of carbonyl (C=O) groups excluding carboxylic acids is 1. The first kappa shape index (κ1) is 19.1.